The monoisotopic (exact) mass is 271 g/mol. The molecular weight excluding hydrogens is 250 g/mol. The van der Waals surface area contributed by atoms with Gasteiger partial charge in [0.25, 0.3) is 0 Å². The normalized spacial score (nSPS) is 25.3. The number of aromatic nitrogens is 2. The van der Waals surface area contributed by atoms with Gasteiger partial charge in [0, 0.05) is 37.7 Å². The summed E-state index contributed by atoms with van der Waals surface area (Å²) in [7, 11) is 1.67. The Hall–Kier alpha value is -0.720. The molecule has 3 atom stereocenters. The van der Waals surface area contributed by atoms with Gasteiger partial charge >= 0.3 is 0 Å². The van der Waals surface area contributed by atoms with Gasteiger partial charge in [-0.2, -0.15) is 4.37 Å². The van der Waals surface area contributed by atoms with E-state index in [0.717, 1.165) is 36.9 Å². The maximum Gasteiger partial charge on any atom is 0.202 e. The Kier molecular flexibility index (Phi) is 4.91. The topological polar surface area (TPSA) is 56.3 Å². The van der Waals surface area contributed by atoms with Crippen LogP contribution in [-0.4, -0.2) is 35.7 Å². The van der Waals surface area contributed by atoms with E-state index in [1.165, 1.54) is 11.5 Å². The van der Waals surface area contributed by atoms with E-state index in [4.69, 9.17) is 9.47 Å². The van der Waals surface area contributed by atoms with Crippen molar-refractivity contribution in [1.82, 2.24) is 9.36 Å². The first-order chi connectivity index (χ1) is 8.74. The first-order valence-electron chi connectivity index (χ1n) is 6.46. The first kappa shape index (κ1) is 13.7. The van der Waals surface area contributed by atoms with Crippen LogP contribution >= 0.6 is 11.5 Å². The Labute approximate surface area is 112 Å². The maximum absolute atomic E-state index is 5.67. The molecule has 0 saturated carbocycles. The van der Waals surface area contributed by atoms with Crippen molar-refractivity contribution in [3.8, 4) is 0 Å². The number of ether oxygens (including phenoxy) is 2. The zero-order chi connectivity index (χ0) is 13.0. The van der Waals surface area contributed by atoms with E-state index in [2.05, 4.69) is 21.6 Å². The molecule has 102 valence electrons. The lowest BCUT2D eigenvalue weighted by atomic mass is 10.00. The second-order valence-electron chi connectivity index (χ2n) is 4.58. The van der Waals surface area contributed by atoms with Gasteiger partial charge in [0.1, 0.15) is 6.10 Å². The lowest BCUT2D eigenvalue weighted by Gasteiger charge is -2.16. The van der Waals surface area contributed by atoms with Gasteiger partial charge in [-0.15, -0.1) is 0 Å². The largest absolute Gasteiger partial charge is 0.378 e. The Morgan fingerprint density at radius 2 is 2.44 bits per heavy atom. The minimum Gasteiger partial charge on any atom is -0.378 e. The number of nitrogens with zero attached hydrogens (tertiary/aromatic N) is 2. The predicted octanol–water partition coefficient (Wildman–Crippen LogP) is 2.47. The summed E-state index contributed by atoms with van der Waals surface area (Å²) in [5.74, 6) is 1.34. The number of rotatable bonds is 6. The molecule has 2 heterocycles. The number of nitrogens with one attached hydrogen (secondary N) is 1. The van der Waals surface area contributed by atoms with Crippen LogP contribution in [0.4, 0.5) is 5.13 Å². The average molecular weight is 271 g/mol. The van der Waals surface area contributed by atoms with Gasteiger partial charge in [-0.3, -0.25) is 0 Å². The zero-order valence-corrected chi connectivity index (χ0v) is 12.0. The Morgan fingerprint density at radius 3 is 3.17 bits per heavy atom. The first-order valence-corrected chi connectivity index (χ1v) is 7.23. The van der Waals surface area contributed by atoms with E-state index < -0.39 is 0 Å². The highest BCUT2D eigenvalue weighted by atomic mass is 32.1. The molecule has 0 aliphatic carbocycles. The SMILES string of the molecule is CCC1OCCC1CNc1nc(C(C)OC)ns1. The molecule has 1 aliphatic heterocycles. The minimum absolute atomic E-state index is 0.0463. The summed E-state index contributed by atoms with van der Waals surface area (Å²) in [5, 5.41) is 4.23. The van der Waals surface area contributed by atoms with Gasteiger partial charge in [0.15, 0.2) is 5.82 Å². The van der Waals surface area contributed by atoms with Crippen LogP contribution < -0.4 is 5.32 Å². The molecule has 1 N–H and O–H groups in total. The molecule has 1 aromatic heterocycles. The summed E-state index contributed by atoms with van der Waals surface area (Å²) in [6.45, 7) is 5.91. The standard InChI is InChI=1S/C12H21N3O2S/c1-4-10-9(5-6-17-10)7-13-12-14-11(15-18-12)8(2)16-3/h8-10H,4-7H2,1-3H3,(H,13,14,15). The molecular formula is C12H21N3O2S. The summed E-state index contributed by atoms with van der Waals surface area (Å²) >= 11 is 1.39. The number of methoxy groups -OCH3 is 1. The number of hydrogen-bond donors (Lipinski definition) is 1. The molecule has 0 spiro atoms. The third kappa shape index (κ3) is 3.18. The van der Waals surface area contributed by atoms with Gasteiger partial charge in [-0.05, 0) is 19.8 Å². The molecule has 6 heteroatoms. The van der Waals surface area contributed by atoms with Crippen LogP contribution in [0.3, 0.4) is 0 Å². The third-order valence-corrected chi connectivity index (χ3v) is 4.11. The maximum atomic E-state index is 5.67. The Balaban J connectivity index is 1.84. The van der Waals surface area contributed by atoms with Crippen molar-refractivity contribution < 1.29 is 9.47 Å². The quantitative estimate of drug-likeness (QED) is 0.861. The van der Waals surface area contributed by atoms with Crippen LogP contribution in [0.5, 0.6) is 0 Å². The summed E-state index contributed by atoms with van der Waals surface area (Å²) in [6.07, 6.45) is 2.55. The molecule has 0 radical (unpaired) electrons. The van der Waals surface area contributed by atoms with E-state index >= 15 is 0 Å². The van der Waals surface area contributed by atoms with E-state index in [0.29, 0.717) is 12.0 Å². The van der Waals surface area contributed by atoms with Crippen LogP contribution in [0.15, 0.2) is 0 Å². The summed E-state index contributed by atoms with van der Waals surface area (Å²) in [5.41, 5.74) is 0. The Morgan fingerprint density at radius 1 is 1.61 bits per heavy atom. The van der Waals surface area contributed by atoms with E-state index in [-0.39, 0.29) is 6.10 Å². The van der Waals surface area contributed by atoms with Crippen molar-refractivity contribution in [2.45, 2.75) is 38.9 Å². The van der Waals surface area contributed by atoms with Crippen LogP contribution in [0.1, 0.15) is 38.6 Å². The van der Waals surface area contributed by atoms with Crippen molar-refractivity contribution >= 4 is 16.7 Å². The molecule has 3 unspecified atom stereocenters. The molecule has 1 aliphatic rings. The average Bonchev–Trinajstić information content (AvgIpc) is 3.03. The van der Waals surface area contributed by atoms with Crippen LogP contribution in [0, 0.1) is 5.92 Å². The highest BCUT2D eigenvalue weighted by Gasteiger charge is 2.26. The van der Waals surface area contributed by atoms with Crippen LogP contribution in [-0.2, 0) is 9.47 Å². The third-order valence-electron chi connectivity index (χ3n) is 3.42. The smallest absolute Gasteiger partial charge is 0.202 e. The van der Waals surface area contributed by atoms with Crippen molar-refractivity contribution in [1.29, 1.82) is 0 Å². The summed E-state index contributed by atoms with van der Waals surface area (Å²) in [6, 6.07) is 0. The van der Waals surface area contributed by atoms with E-state index in [1.807, 2.05) is 6.92 Å². The summed E-state index contributed by atoms with van der Waals surface area (Å²) in [4.78, 5) is 4.42. The van der Waals surface area contributed by atoms with Gasteiger partial charge < -0.3 is 14.8 Å². The second-order valence-corrected chi connectivity index (χ2v) is 5.33. The van der Waals surface area contributed by atoms with Crippen LogP contribution in [0.25, 0.3) is 0 Å². The highest BCUT2D eigenvalue weighted by molar-refractivity contribution is 7.09. The fraction of sp³-hybridized carbons (Fsp3) is 0.833. The van der Waals surface area contributed by atoms with Crippen molar-refractivity contribution in [3.63, 3.8) is 0 Å². The number of hydrogen-bond acceptors (Lipinski definition) is 6. The fourth-order valence-electron chi connectivity index (χ4n) is 2.17. The van der Waals surface area contributed by atoms with Gasteiger partial charge in [-0.1, -0.05) is 6.92 Å². The van der Waals surface area contributed by atoms with Crippen molar-refractivity contribution in [2.75, 3.05) is 25.6 Å². The second kappa shape index (κ2) is 6.45. The van der Waals surface area contributed by atoms with Gasteiger partial charge in [0.05, 0.1) is 6.10 Å². The molecule has 0 amide bonds. The minimum atomic E-state index is -0.0463. The predicted molar refractivity (Wildman–Crippen MR) is 72.0 cm³/mol. The van der Waals surface area contributed by atoms with Gasteiger partial charge in [-0.25, -0.2) is 4.98 Å². The van der Waals surface area contributed by atoms with Gasteiger partial charge in [0.2, 0.25) is 5.13 Å². The summed E-state index contributed by atoms with van der Waals surface area (Å²) < 4.78 is 15.2. The highest BCUT2D eigenvalue weighted by Crippen LogP contribution is 2.25. The van der Waals surface area contributed by atoms with Crippen molar-refractivity contribution in [3.05, 3.63) is 5.82 Å². The molecule has 1 aromatic rings. The molecule has 2 rings (SSSR count). The lowest BCUT2D eigenvalue weighted by Crippen LogP contribution is -2.22. The van der Waals surface area contributed by atoms with Crippen molar-refractivity contribution in [2.24, 2.45) is 5.92 Å². The molecule has 1 fully saturated rings. The molecule has 5 nitrogen and oxygen atoms in total. The van der Waals surface area contributed by atoms with Crippen LogP contribution in [0.2, 0.25) is 0 Å². The molecule has 0 aromatic carbocycles. The van der Waals surface area contributed by atoms with E-state index in [9.17, 15) is 0 Å². The zero-order valence-electron chi connectivity index (χ0n) is 11.2. The molecule has 0 bridgehead atoms. The fourth-order valence-corrected chi connectivity index (χ4v) is 2.82. The lowest BCUT2D eigenvalue weighted by molar-refractivity contribution is 0.0900. The number of anilines is 1. The Bertz CT molecular complexity index is 372. The molecule has 18 heavy (non-hydrogen) atoms. The molecule has 1 saturated heterocycles. The van der Waals surface area contributed by atoms with E-state index in [1.54, 1.807) is 7.11 Å².